The highest BCUT2D eigenvalue weighted by molar-refractivity contribution is 7.98. The number of fused-ring (bicyclic) bond motifs is 1. The number of aryl methyl sites for hydroxylation is 1. The van der Waals surface area contributed by atoms with Gasteiger partial charge < -0.3 is 5.32 Å². The summed E-state index contributed by atoms with van der Waals surface area (Å²) in [4.78, 5) is 14.2. The van der Waals surface area contributed by atoms with Crippen LogP contribution in [0.2, 0.25) is 5.02 Å². The fourth-order valence-electron chi connectivity index (χ4n) is 2.28. The lowest BCUT2D eigenvalue weighted by Gasteiger charge is -2.05. The zero-order valence-electron chi connectivity index (χ0n) is 12.1. The highest BCUT2D eigenvalue weighted by Gasteiger charge is 2.18. The minimum atomic E-state index is -0.164. The van der Waals surface area contributed by atoms with Gasteiger partial charge in [-0.2, -0.15) is 0 Å². The number of hydrogen-bond donors (Lipinski definition) is 1. The van der Waals surface area contributed by atoms with Gasteiger partial charge in [0.15, 0.2) is 0 Å². The van der Waals surface area contributed by atoms with Crippen molar-refractivity contribution in [2.45, 2.75) is 11.8 Å². The summed E-state index contributed by atoms with van der Waals surface area (Å²) in [6.45, 7) is 2.00. The normalized spacial score (nSPS) is 10.9. The fourth-order valence-corrected chi connectivity index (χ4v) is 4.27. The fraction of sp³-hybridized carbons (Fsp3) is 0.118. The summed E-state index contributed by atoms with van der Waals surface area (Å²) in [5.41, 5.74) is 1.86. The molecular formula is C17H14ClNOS2. The molecule has 3 rings (SSSR count). The molecule has 0 radical (unpaired) electrons. The highest BCUT2D eigenvalue weighted by Crippen LogP contribution is 2.37. The summed E-state index contributed by atoms with van der Waals surface area (Å²) < 4.78 is 1.04. The van der Waals surface area contributed by atoms with Crippen LogP contribution in [-0.2, 0) is 0 Å². The van der Waals surface area contributed by atoms with E-state index in [-0.39, 0.29) is 5.91 Å². The maximum absolute atomic E-state index is 12.5. The standard InChI is InChI=1S/C17H14ClNOS2/c1-10-4-3-5-13-14(10)15(18)16(22-13)17(20)19-11-6-8-12(21-2)9-7-11/h3-9H,1-2H3,(H,19,20). The zero-order valence-corrected chi connectivity index (χ0v) is 14.5. The molecule has 1 aromatic heterocycles. The number of nitrogens with one attached hydrogen (secondary N) is 1. The molecule has 0 unspecified atom stereocenters. The number of thioether (sulfide) groups is 1. The first kappa shape index (κ1) is 15.4. The minimum Gasteiger partial charge on any atom is -0.321 e. The minimum absolute atomic E-state index is 0.164. The molecule has 2 nitrogen and oxygen atoms in total. The summed E-state index contributed by atoms with van der Waals surface area (Å²) in [5.74, 6) is -0.164. The molecule has 0 saturated heterocycles. The molecular weight excluding hydrogens is 334 g/mol. The van der Waals surface area contributed by atoms with E-state index < -0.39 is 0 Å². The van der Waals surface area contributed by atoms with E-state index in [2.05, 4.69) is 5.32 Å². The van der Waals surface area contributed by atoms with Crippen molar-refractivity contribution in [1.82, 2.24) is 0 Å². The Hall–Kier alpha value is -1.49. The Morgan fingerprint density at radius 3 is 2.55 bits per heavy atom. The average molecular weight is 348 g/mol. The maximum atomic E-state index is 12.5. The number of hydrogen-bond acceptors (Lipinski definition) is 3. The van der Waals surface area contributed by atoms with Gasteiger partial charge in [0.1, 0.15) is 4.88 Å². The SMILES string of the molecule is CSc1ccc(NC(=O)c2sc3cccc(C)c3c2Cl)cc1. The molecule has 0 atom stereocenters. The molecule has 0 aliphatic rings. The van der Waals surface area contributed by atoms with E-state index in [0.29, 0.717) is 9.90 Å². The molecule has 112 valence electrons. The van der Waals surface area contributed by atoms with E-state index in [0.717, 1.165) is 26.2 Å². The first-order valence-corrected chi connectivity index (χ1v) is 9.15. The van der Waals surface area contributed by atoms with Gasteiger partial charge in [0.2, 0.25) is 0 Å². The summed E-state index contributed by atoms with van der Waals surface area (Å²) >= 11 is 9.51. The zero-order chi connectivity index (χ0) is 15.7. The average Bonchev–Trinajstić information content (AvgIpc) is 2.86. The van der Waals surface area contributed by atoms with Crippen molar-refractivity contribution in [2.75, 3.05) is 11.6 Å². The van der Waals surface area contributed by atoms with Gasteiger partial charge in [0.05, 0.1) is 5.02 Å². The van der Waals surface area contributed by atoms with Crippen molar-refractivity contribution in [3.05, 3.63) is 57.9 Å². The van der Waals surface area contributed by atoms with Crippen LogP contribution in [0.1, 0.15) is 15.2 Å². The van der Waals surface area contributed by atoms with Gasteiger partial charge >= 0.3 is 0 Å². The lowest BCUT2D eigenvalue weighted by Crippen LogP contribution is -2.10. The first-order chi connectivity index (χ1) is 10.6. The molecule has 5 heteroatoms. The lowest BCUT2D eigenvalue weighted by molar-refractivity contribution is 0.103. The molecule has 0 bridgehead atoms. The van der Waals surface area contributed by atoms with Gasteiger partial charge in [-0.05, 0) is 49.1 Å². The monoisotopic (exact) mass is 347 g/mol. The maximum Gasteiger partial charge on any atom is 0.267 e. The van der Waals surface area contributed by atoms with Gasteiger partial charge in [0, 0.05) is 20.7 Å². The third kappa shape index (κ3) is 2.86. The van der Waals surface area contributed by atoms with E-state index >= 15 is 0 Å². The molecule has 2 aromatic carbocycles. The second-order valence-electron chi connectivity index (χ2n) is 4.88. The van der Waals surface area contributed by atoms with Gasteiger partial charge in [-0.3, -0.25) is 4.79 Å². The molecule has 1 N–H and O–H groups in total. The van der Waals surface area contributed by atoms with Crippen LogP contribution in [0.5, 0.6) is 0 Å². The number of carbonyl (C=O) groups is 1. The molecule has 0 spiro atoms. The highest BCUT2D eigenvalue weighted by atomic mass is 35.5. The number of rotatable bonds is 3. The number of halogens is 1. The second kappa shape index (κ2) is 6.32. The van der Waals surface area contributed by atoms with Crippen LogP contribution in [0.4, 0.5) is 5.69 Å². The largest absolute Gasteiger partial charge is 0.321 e. The van der Waals surface area contributed by atoms with Crippen molar-refractivity contribution in [2.24, 2.45) is 0 Å². The van der Waals surface area contributed by atoms with Gasteiger partial charge in [-0.1, -0.05) is 23.7 Å². The van der Waals surface area contributed by atoms with E-state index in [9.17, 15) is 4.79 Å². The Balaban J connectivity index is 1.91. The van der Waals surface area contributed by atoms with E-state index in [4.69, 9.17) is 11.6 Å². The van der Waals surface area contributed by atoms with Crippen LogP contribution in [0.15, 0.2) is 47.4 Å². The predicted octanol–water partition coefficient (Wildman–Crippen LogP) is 5.84. The van der Waals surface area contributed by atoms with Crippen LogP contribution >= 0.6 is 34.7 Å². The second-order valence-corrected chi connectivity index (χ2v) is 7.19. The van der Waals surface area contributed by atoms with Gasteiger partial charge in [0.25, 0.3) is 5.91 Å². The number of thiophene rings is 1. The Bertz CT molecular complexity index is 840. The number of amides is 1. The molecule has 0 saturated carbocycles. The summed E-state index contributed by atoms with van der Waals surface area (Å²) in [7, 11) is 0. The van der Waals surface area contributed by atoms with Gasteiger partial charge in [-0.25, -0.2) is 0 Å². The van der Waals surface area contributed by atoms with E-state index in [1.807, 2.05) is 55.6 Å². The molecule has 0 fully saturated rings. The number of benzene rings is 2. The third-order valence-corrected chi connectivity index (χ3v) is 5.81. The van der Waals surface area contributed by atoms with Crippen LogP contribution < -0.4 is 5.32 Å². The quantitative estimate of drug-likeness (QED) is 0.603. The Morgan fingerprint density at radius 2 is 1.91 bits per heavy atom. The smallest absolute Gasteiger partial charge is 0.267 e. The Labute approximate surface area is 142 Å². The number of carbonyl (C=O) groups excluding carboxylic acids is 1. The van der Waals surface area contributed by atoms with Crippen LogP contribution in [-0.4, -0.2) is 12.2 Å². The Kier molecular flexibility index (Phi) is 4.43. The summed E-state index contributed by atoms with van der Waals surface area (Å²) in [6.07, 6.45) is 2.02. The Morgan fingerprint density at radius 1 is 1.18 bits per heavy atom. The van der Waals surface area contributed by atoms with Crippen LogP contribution in [0.3, 0.4) is 0 Å². The van der Waals surface area contributed by atoms with Crippen LogP contribution in [0.25, 0.3) is 10.1 Å². The van der Waals surface area contributed by atoms with E-state index in [1.54, 1.807) is 11.8 Å². The molecule has 0 aliphatic carbocycles. The van der Waals surface area contributed by atoms with Crippen molar-refractivity contribution in [3.8, 4) is 0 Å². The molecule has 3 aromatic rings. The van der Waals surface area contributed by atoms with Crippen molar-refractivity contribution in [3.63, 3.8) is 0 Å². The van der Waals surface area contributed by atoms with Gasteiger partial charge in [-0.15, -0.1) is 23.1 Å². The molecule has 1 heterocycles. The number of anilines is 1. The predicted molar refractivity (Wildman–Crippen MR) is 97.7 cm³/mol. The third-order valence-electron chi connectivity index (χ3n) is 3.42. The van der Waals surface area contributed by atoms with Crippen LogP contribution in [0, 0.1) is 6.92 Å². The van der Waals surface area contributed by atoms with Crippen molar-refractivity contribution < 1.29 is 4.79 Å². The topological polar surface area (TPSA) is 29.1 Å². The van der Waals surface area contributed by atoms with Crippen molar-refractivity contribution >= 4 is 56.4 Å². The van der Waals surface area contributed by atoms with E-state index in [1.165, 1.54) is 11.3 Å². The summed E-state index contributed by atoms with van der Waals surface area (Å²) in [6, 6.07) is 13.7. The molecule has 0 aliphatic heterocycles. The first-order valence-electron chi connectivity index (χ1n) is 6.73. The van der Waals surface area contributed by atoms with Crippen molar-refractivity contribution in [1.29, 1.82) is 0 Å². The summed E-state index contributed by atoms with van der Waals surface area (Å²) in [5, 5.41) is 4.42. The molecule has 22 heavy (non-hydrogen) atoms. The molecule has 1 amide bonds. The lowest BCUT2D eigenvalue weighted by atomic mass is 10.1.